The van der Waals surface area contributed by atoms with E-state index in [9.17, 15) is 9.59 Å². The molecule has 5 heteroatoms. The molecule has 0 amide bonds. The summed E-state index contributed by atoms with van der Waals surface area (Å²) in [6, 6.07) is 3.41. The van der Waals surface area contributed by atoms with Crippen molar-refractivity contribution in [3.05, 3.63) is 23.3 Å². The number of Topliss-reactive ketones (excluding diaryl/α,β-unsaturated/α-hetero) is 1. The molecule has 1 aliphatic carbocycles. The van der Waals surface area contributed by atoms with Crippen molar-refractivity contribution in [2.75, 3.05) is 6.79 Å². The van der Waals surface area contributed by atoms with Crippen molar-refractivity contribution in [3.8, 4) is 11.5 Å². The summed E-state index contributed by atoms with van der Waals surface area (Å²) in [4.78, 5) is 23.0. The molecule has 94 valence electrons. The number of rotatable bonds is 3. The average Bonchev–Trinajstić information content (AvgIpc) is 3.01. The zero-order chi connectivity index (χ0) is 12.9. The van der Waals surface area contributed by atoms with Crippen LogP contribution >= 0.6 is 0 Å². The Morgan fingerprint density at radius 1 is 1.22 bits per heavy atom. The molecule has 1 aromatic carbocycles. The number of carboxylic acid groups (broad SMARTS) is 1. The molecule has 0 radical (unpaired) electrons. The first-order valence-electron chi connectivity index (χ1n) is 5.75. The number of aliphatic carboxylic acids is 1. The summed E-state index contributed by atoms with van der Waals surface area (Å²) in [6.45, 7) is 1.97. The quantitative estimate of drug-likeness (QED) is 0.823. The van der Waals surface area contributed by atoms with Gasteiger partial charge in [0, 0.05) is 11.5 Å². The van der Waals surface area contributed by atoms with Gasteiger partial charge >= 0.3 is 5.97 Å². The fourth-order valence-corrected chi connectivity index (χ4v) is 2.27. The summed E-state index contributed by atoms with van der Waals surface area (Å²) in [5.74, 6) is -0.736. The van der Waals surface area contributed by atoms with E-state index < -0.39 is 11.9 Å². The zero-order valence-corrected chi connectivity index (χ0v) is 9.80. The third-order valence-electron chi connectivity index (χ3n) is 3.43. The van der Waals surface area contributed by atoms with Crippen molar-refractivity contribution in [3.63, 3.8) is 0 Å². The van der Waals surface area contributed by atoms with Crippen molar-refractivity contribution >= 4 is 11.8 Å². The standard InChI is InChI=1S/C13H12O5/c1-6-2-10-11(18-5-17-10)4-7(6)12(14)8-3-9(8)13(15)16/h2,4,8-9H,3,5H2,1H3,(H,15,16). The second-order valence-electron chi connectivity index (χ2n) is 4.67. The van der Waals surface area contributed by atoms with Gasteiger partial charge in [-0.15, -0.1) is 0 Å². The number of benzene rings is 1. The smallest absolute Gasteiger partial charge is 0.307 e. The Morgan fingerprint density at radius 3 is 2.50 bits per heavy atom. The Hall–Kier alpha value is -2.04. The number of carbonyl (C=O) groups is 2. The van der Waals surface area contributed by atoms with Crippen LogP contribution in [-0.2, 0) is 4.79 Å². The maximum atomic E-state index is 12.2. The molecule has 2 atom stereocenters. The molecule has 0 saturated heterocycles. The average molecular weight is 248 g/mol. The number of aryl methyl sites for hydroxylation is 1. The molecule has 18 heavy (non-hydrogen) atoms. The highest BCUT2D eigenvalue weighted by Gasteiger charge is 2.48. The third-order valence-corrected chi connectivity index (χ3v) is 3.43. The van der Waals surface area contributed by atoms with Crippen molar-refractivity contribution in [2.24, 2.45) is 11.8 Å². The number of ether oxygens (including phenoxy) is 2. The molecule has 2 unspecified atom stereocenters. The predicted molar refractivity (Wildman–Crippen MR) is 60.9 cm³/mol. The van der Waals surface area contributed by atoms with Crippen LogP contribution < -0.4 is 9.47 Å². The van der Waals surface area contributed by atoms with Gasteiger partial charge in [-0.3, -0.25) is 9.59 Å². The van der Waals surface area contributed by atoms with Crippen LogP contribution in [0.25, 0.3) is 0 Å². The van der Waals surface area contributed by atoms with Gasteiger partial charge in [0.25, 0.3) is 0 Å². The largest absolute Gasteiger partial charge is 0.481 e. The molecule has 1 aromatic rings. The molecule has 0 aromatic heterocycles. The van der Waals surface area contributed by atoms with Crippen molar-refractivity contribution in [2.45, 2.75) is 13.3 Å². The predicted octanol–water partition coefficient (Wildman–Crippen LogP) is 1.63. The van der Waals surface area contributed by atoms with Gasteiger partial charge < -0.3 is 14.6 Å². The SMILES string of the molecule is Cc1cc2c(cc1C(=O)C1CC1C(=O)O)OCO2. The molecule has 3 rings (SSSR count). The van der Waals surface area contributed by atoms with Crippen molar-refractivity contribution in [1.29, 1.82) is 0 Å². The Labute approximate surface area is 103 Å². The van der Waals surface area contributed by atoms with E-state index in [1.54, 1.807) is 12.1 Å². The second kappa shape index (κ2) is 3.73. The summed E-state index contributed by atoms with van der Waals surface area (Å²) in [5.41, 5.74) is 1.33. The summed E-state index contributed by atoms with van der Waals surface area (Å²) in [5, 5.41) is 8.85. The molecule has 1 aliphatic heterocycles. The lowest BCUT2D eigenvalue weighted by molar-refractivity contribution is -0.138. The summed E-state index contributed by atoms with van der Waals surface area (Å²) in [6.07, 6.45) is 0.433. The molecule has 1 fully saturated rings. The number of fused-ring (bicyclic) bond motifs is 1. The van der Waals surface area contributed by atoms with E-state index in [1.165, 1.54) is 0 Å². The topological polar surface area (TPSA) is 72.8 Å². The summed E-state index contributed by atoms with van der Waals surface area (Å²) in [7, 11) is 0. The lowest BCUT2D eigenvalue weighted by atomic mass is 10.00. The van der Waals surface area contributed by atoms with Crippen LogP contribution in [0.3, 0.4) is 0 Å². The van der Waals surface area contributed by atoms with E-state index in [4.69, 9.17) is 14.6 Å². The number of hydrogen-bond donors (Lipinski definition) is 1. The minimum atomic E-state index is -0.897. The molecular formula is C13H12O5. The monoisotopic (exact) mass is 248 g/mol. The molecule has 0 bridgehead atoms. The van der Waals surface area contributed by atoms with Gasteiger partial charge in [-0.1, -0.05) is 0 Å². The highest BCUT2D eigenvalue weighted by atomic mass is 16.7. The van der Waals surface area contributed by atoms with Gasteiger partial charge in [-0.25, -0.2) is 0 Å². The van der Waals surface area contributed by atoms with Gasteiger partial charge in [0.2, 0.25) is 6.79 Å². The number of ketones is 1. The van der Waals surface area contributed by atoms with Gasteiger partial charge in [-0.2, -0.15) is 0 Å². The number of carboxylic acids is 1. The van der Waals surface area contributed by atoms with E-state index in [-0.39, 0.29) is 18.5 Å². The number of carbonyl (C=O) groups excluding carboxylic acids is 1. The van der Waals surface area contributed by atoms with Gasteiger partial charge in [-0.05, 0) is 31.0 Å². The highest BCUT2D eigenvalue weighted by molar-refractivity contribution is 6.04. The van der Waals surface area contributed by atoms with Crippen molar-refractivity contribution < 1.29 is 24.2 Å². The third kappa shape index (κ3) is 1.63. The van der Waals surface area contributed by atoms with E-state index >= 15 is 0 Å². The first-order chi connectivity index (χ1) is 8.58. The second-order valence-corrected chi connectivity index (χ2v) is 4.67. The lowest BCUT2D eigenvalue weighted by Crippen LogP contribution is -2.09. The molecule has 5 nitrogen and oxygen atoms in total. The fourth-order valence-electron chi connectivity index (χ4n) is 2.27. The molecule has 0 spiro atoms. The lowest BCUT2D eigenvalue weighted by Gasteiger charge is -2.06. The fraction of sp³-hybridized carbons (Fsp3) is 0.385. The van der Waals surface area contributed by atoms with E-state index in [0.29, 0.717) is 23.5 Å². The maximum absolute atomic E-state index is 12.2. The molecule has 1 heterocycles. The Bertz CT molecular complexity index is 549. The van der Waals surface area contributed by atoms with Crippen LogP contribution in [0.4, 0.5) is 0 Å². The van der Waals surface area contributed by atoms with E-state index in [1.807, 2.05) is 6.92 Å². The van der Waals surface area contributed by atoms with E-state index in [0.717, 1.165) is 5.56 Å². The van der Waals surface area contributed by atoms with Gasteiger partial charge in [0.05, 0.1) is 5.92 Å². The first kappa shape index (κ1) is 11.1. The summed E-state index contributed by atoms with van der Waals surface area (Å²) < 4.78 is 10.4. The highest BCUT2D eigenvalue weighted by Crippen LogP contribution is 2.43. The zero-order valence-electron chi connectivity index (χ0n) is 9.80. The molecule has 1 saturated carbocycles. The maximum Gasteiger partial charge on any atom is 0.307 e. The first-order valence-corrected chi connectivity index (χ1v) is 5.75. The van der Waals surface area contributed by atoms with Gasteiger partial charge in [0.1, 0.15) is 0 Å². The van der Waals surface area contributed by atoms with E-state index in [2.05, 4.69) is 0 Å². The normalized spacial score (nSPS) is 23.8. The molecular weight excluding hydrogens is 236 g/mol. The van der Waals surface area contributed by atoms with Crippen LogP contribution in [0.2, 0.25) is 0 Å². The minimum absolute atomic E-state index is 0.113. The molecule has 1 N–H and O–H groups in total. The van der Waals surface area contributed by atoms with Gasteiger partial charge in [0.15, 0.2) is 17.3 Å². The Morgan fingerprint density at radius 2 is 1.89 bits per heavy atom. The molecule has 2 aliphatic rings. The van der Waals surface area contributed by atoms with Crippen LogP contribution in [-0.4, -0.2) is 23.7 Å². The van der Waals surface area contributed by atoms with Crippen molar-refractivity contribution in [1.82, 2.24) is 0 Å². The Balaban J connectivity index is 1.89. The summed E-state index contributed by atoms with van der Waals surface area (Å²) >= 11 is 0. The van der Waals surface area contributed by atoms with Crippen LogP contribution in [0.1, 0.15) is 22.3 Å². The number of hydrogen-bond acceptors (Lipinski definition) is 4. The van der Waals surface area contributed by atoms with Crippen LogP contribution in [0.5, 0.6) is 11.5 Å². The Kier molecular flexibility index (Phi) is 2.29. The van der Waals surface area contributed by atoms with Crippen LogP contribution in [0, 0.1) is 18.8 Å². The minimum Gasteiger partial charge on any atom is -0.481 e. The van der Waals surface area contributed by atoms with Crippen LogP contribution in [0.15, 0.2) is 12.1 Å².